The Kier molecular flexibility index (Phi) is 6.24. The van der Waals surface area contributed by atoms with Crippen LogP contribution in [-0.4, -0.2) is 22.3 Å². The van der Waals surface area contributed by atoms with Gasteiger partial charge < -0.3 is 11.1 Å². The summed E-state index contributed by atoms with van der Waals surface area (Å²) >= 11 is 3.96. The number of thiophene rings is 1. The number of H-pyrrole nitrogens is 1. The van der Waals surface area contributed by atoms with Crippen LogP contribution in [0.25, 0.3) is 10.4 Å². The highest BCUT2D eigenvalue weighted by Gasteiger charge is 2.18. The first-order valence-electron chi connectivity index (χ1n) is 9.13. The lowest BCUT2D eigenvalue weighted by molar-refractivity contribution is 0.100. The van der Waals surface area contributed by atoms with E-state index in [0.717, 1.165) is 26.1 Å². The monoisotopic (exact) mass is 527 g/mol. The van der Waals surface area contributed by atoms with Gasteiger partial charge in [0, 0.05) is 32.3 Å². The molecule has 2 aromatic heterocycles. The van der Waals surface area contributed by atoms with Crippen molar-refractivity contribution in [2.45, 2.75) is 4.43 Å². The van der Waals surface area contributed by atoms with E-state index < -0.39 is 5.91 Å². The van der Waals surface area contributed by atoms with Crippen LogP contribution in [0.3, 0.4) is 0 Å². The summed E-state index contributed by atoms with van der Waals surface area (Å²) in [6, 6.07) is 20.0. The number of alkyl halides is 1. The molecule has 0 bridgehead atoms. The number of anilines is 2. The second-order valence-electron chi connectivity index (χ2n) is 6.44. The molecule has 2 aromatic carbocycles. The van der Waals surface area contributed by atoms with E-state index in [2.05, 4.69) is 49.2 Å². The molecular formula is C22H18IN5OS. The largest absolute Gasteiger partial charge is 0.365 e. The molecule has 0 spiro atoms. The zero-order chi connectivity index (χ0) is 20.9. The second kappa shape index (κ2) is 9.23. The van der Waals surface area contributed by atoms with Crippen LogP contribution in [-0.2, 0) is 4.43 Å². The van der Waals surface area contributed by atoms with Gasteiger partial charge in [-0.3, -0.25) is 9.89 Å². The number of aromatic nitrogens is 2. The van der Waals surface area contributed by atoms with Gasteiger partial charge in [0.2, 0.25) is 0 Å². The first-order chi connectivity index (χ1) is 14.7. The number of carbonyl (C=O) groups excluding carboxylic acids is 1. The standard InChI is InChI=1S/C22H18IN5OS/c23-12-14-5-3-7-16(11-14)26-22-19(20(24)29)21(27-28-22)25-13-15-6-1-2-8-17(15)18-9-4-10-30-18/h1-11,13H,12H2,(H2,24,29)(H2,26,27,28). The highest BCUT2D eigenvalue weighted by atomic mass is 127. The maximum Gasteiger partial charge on any atom is 0.256 e. The third-order valence-electron chi connectivity index (χ3n) is 4.42. The molecule has 0 aliphatic carbocycles. The zero-order valence-electron chi connectivity index (χ0n) is 15.8. The Balaban J connectivity index is 1.65. The number of hydrogen-bond donors (Lipinski definition) is 3. The van der Waals surface area contributed by atoms with Crippen LogP contribution in [0.2, 0.25) is 0 Å². The molecular weight excluding hydrogens is 509 g/mol. The van der Waals surface area contributed by atoms with E-state index in [1.165, 1.54) is 5.56 Å². The van der Waals surface area contributed by atoms with Crippen LogP contribution < -0.4 is 11.1 Å². The SMILES string of the molecule is NC(=O)c1c(N=Cc2ccccc2-c2cccs2)n[nH]c1Nc1cccc(CI)c1. The average molecular weight is 527 g/mol. The van der Waals surface area contributed by atoms with E-state index in [0.29, 0.717) is 5.82 Å². The number of nitrogens with zero attached hydrogens (tertiary/aromatic N) is 2. The van der Waals surface area contributed by atoms with Crippen molar-refractivity contribution in [2.24, 2.45) is 10.7 Å². The molecule has 0 aliphatic heterocycles. The minimum Gasteiger partial charge on any atom is -0.365 e. The molecule has 4 rings (SSSR count). The number of halogens is 1. The fourth-order valence-corrected chi connectivity index (χ4v) is 4.27. The number of nitrogens with one attached hydrogen (secondary N) is 2. The average Bonchev–Trinajstić information content (AvgIpc) is 3.43. The molecule has 0 radical (unpaired) electrons. The predicted molar refractivity (Wildman–Crippen MR) is 132 cm³/mol. The summed E-state index contributed by atoms with van der Waals surface area (Å²) in [5, 5.41) is 12.3. The number of hydrogen-bond acceptors (Lipinski definition) is 5. The minimum absolute atomic E-state index is 0.222. The molecule has 4 aromatic rings. The third-order valence-corrected chi connectivity index (χ3v) is 6.20. The van der Waals surface area contributed by atoms with Gasteiger partial charge in [0.1, 0.15) is 11.4 Å². The summed E-state index contributed by atoms with van der Waals surface area (Å²) in [4.78, 5) is 17.7. The number of carbonyl (C=O) groups is 1. The molecule has 0 unspecified atom stereocenters. The number of aliphatic imine (C=N–C) groups is 1. The van der Waals surface area contributed by atoms with E-state index in [9.17, 15) is 4.79 Å². The Morgan fingerprint density at radius 3 is 2.83 bits per heavy atom. The Bertz CT molecular complexity index is 1200. The molecule has 6 nitrogen and oxygen atoms in total. The fraction of sp³-hybridized carbons (Fsp3) is 0.0455. The number of nitrogens with two attached hydrogens (primary N) is 1. The van der Waals surface area contributed by atoms with Crippen molar-refractivity contribution in [1.29, 1.82) is 0 Å². The van der Waals surface area contributed by atoms with Crippen LogP contribution in [0, 0.1) is 0 Å². The highest BCUT2D eigenvalue weighted by Crippen LogP contribution is 2.29. The molecule has 0 saturated carbocycles. The van der Waals surface area contributed by atoms with Crippen molar-refractivity contribution in [2.75, 3.05) is 5.32 Å². The molecule has 0 fully saturated rings. The highest BCUT2D eigenvalue weighted by molar-refractivity contribution is 14.1. The van der Waals surface area contributed by atoms with Crippen molar-refractivity contribution in [1.82, 2.24) is 10.2 Å². The number of benzene rings is 2. The minimum atomic E-state index is -0.602. The van der Waals surface area contributed by atoms with E-state index in [1.807, 2.05) is 60.0 Å². The van der Waals surface area contributed by atoms with Gasteiger partial charge in [-0.25, -0.2) is 4.99 Å². The van der Waals surface area contributed by atoms with Gasteiger partial charge in [0.15, 0.2) is 5.82 Å². The van der Waals surface area contributed by atoms with Gasteiger partial charge in [0.25, 0.3) is 5.91 Å². The lowest BCUT2D eigenvalue weighted by atomic mass is 10.1. The van der Waals surface area contributed by atoms with Crippen LogP contribution in [0.15, 0.2) is 71.0 Å². The molecule has 8 heteroatoms. The zero-order valence-corrected chi connectivity index (χ0v) is 18.8. The second-order valence-corrected chi connectivity index (χ2v) is 8.15. The maximum atomic E-state index is 12.1. The van der Waals surface area contributed by atoms with E-state index in [-0.39, 0.29) is 11.4 Å². The Morgan fingerprint density at radius 1 is 1.20 bits per heavy atom. The maximum absolute atomic E-state index is 12.1. The molecule has 0 atom stereocenters. The Hall–Kier alpha value is -2.98. The number of primary amides is 1. The molecule has 30 heavy (non-hydrogen) atoms. The Morgan fingerprint density at radius 2 is 2.07 bits per heavy atom. The summed E-state index contributed by atoms with van der Waals surface area (Å²) < 4.78 is 0.887. The first kappa shape index (κ1) is 20.3. The summed E-state index contributed by atoms with van der Waals surface area (Å²) in [7, 11) is 0. The summed E-state index contributed by atoms with van der Waals surface area (Å²) in [5.41, 5.74) is 9.87. The topological polar surface area (TPSA) is 96.2 Å². The fourth-order valence-electron chi connectivity index (χ4n) is 3.02. The van der Waals surface area contributed by atoms with Crippen LogP contribution >= 0.6 is 33.9 Å². The summed E-state index contributed by atoms with van der Waals surface area (Å²) in [6.45, 7) is 0. The Labute approximate surface area is 191 Å². The van der Waals surface area contributed by atoms with Gasteiger partial charge in [-0.2, -0.15) is 5.10 Å². The van der Waals surface area contributed by atoms with Crippen molar-refractivity contribution >= 4 is 63.4 Å². The molecule has 2 heterocycles. The molecule has 0 aliphatic rings. The van der Waals surface area contributed by atoms with Crippen LogP contribution in [0.4, 0.5) is 17.3 Å². The van der Waals surface area contributed by atoms with Gasteiger partial charge in [0.05, 0.1) is 0 Å². The van der Waals surface area contributed by atoms with Crippen molar-refractivity contribution < 1.29 is 4.79 Å². The summed E-state index contributed by atoms with van der Waals surface area (Å²) in [5.74, 6) is 0.0674. The van der Waals surface area contributed by atoms with Gasteiger partial charge >= 0.3 is 0 Å². The quantitative estimate of drug-likeness (QED) is 0.164. The lowest BCUT2D eigenvalue weighted by Gasteiger charge is -2.07. The number of aromatic amines is 1. The van der Waals surface area contributed by atoms with Crippen LogP contribution in [0.1, 0.15) is 21.5 Å². The predicted octanol–water partition coefficient (Wildman–Crippen LogP) is 5.67. The third kappa shape index (κ3) is 4.44. The normalized spacial score (nSPS) is 11.1. The van der Waals surface area contributed by atoms with E-state index in [1.54, 1.807) is 17.6 Å². The van der Waals surface area contributed by atoms with Crippen molar-refractivity contribution in [3.63, 3.8) is 0 Å². The molecule has 1 amide bonds. The summed E-state index contributed by atoms with van der Waals surface area (Å²) in [6.07, 6.45) is 1.71. The van der Waals surface area contributed by atoms with Crippen molar-refractivity contribution in [3.05, 3.63) is 82.7 Å². The molecule has 4 N–H and O–H groups in total. The number of rotatable bonds is 7. The van der Waals surface area contributed by atoms with Gasteiger partial charge in [-0.1, -0.05) is 65.1 Å². The van der Waals surface area contributed by atoms with Gasteiger partial charge in [-0.15, -0.1) is 11.3 Å². The smallest absolute Gasteiger partial charge is 0.256 e. The molecule has 0 saturated heterocycles. The van der Waals surface area contributed by atoms with Crippen LogP contribution in [0.5, 0.6) is 0 Å². The van der Waals surface area contributed by atoms with Gasteiger partial charge in [-0.05, 0) is 29.1 Å². The van der Waals surface area contributed by atoms with E-state index in [4.69, 9.17) is 5.73 Å². The van der Waals surface area contributed by atoms with E-state index >= 15 is 0 Å². The number of amides is 1. The lowest BCUT2D eigenvalue weighted by Crippen LogP contribution is -2.12. The van der Waals surface area contributed by atoms with Crippen molar-refractivity contribution in [3.8, 4) is 10.4 Å². The first-order valence-corrected chi connectivity index (χ1v) is 11.5. The molecule has 150 valence electrons.